The summed E-state index contributed by atoms with van der Waals surface area (Å²) < 4.78 is 18.9. The molecule has 2 atom stereocenters. The summed E-state index contributed by atoms with van der Waals surface area (Å²) in [6.07, 6.45) is 3.89. The van der Waals surface area contributed by atoms with Gasteiger partial charge >= 0.3 is 0 Å². The summed E-state index contributed by atoms with van der Waals surface area (Å²) in [5, 5.41) is 13.7. The highest BCUT2D eigenvalue weighted by molar-refractivity contribution is 5.30. The van der Waals surface area contributed by atoms with Gasteiger partial charge in [0.15, 0.2) is 11.6 Å². The van der Waals surface area contributed by atoms with Gasteiger partial charge in [-0.05, 0) is 24.8 Å². The zero-order valence-corrected chi connectivity index (χ0v) is 12.3. The van der Waals surface area contributed by atoms with Crippen LogP contribution in [0, 0.1) is 11.7 Å². The monoisotopic (exact) mass is 281 g/mol. The van der Waals surface area contributed by atoms with Gasteiger partial charge in [0.05, 0.1) is 12.7 Å². The molecule has 1 fully saturated rings. The number of hydrogen-bond acceptors (Lipinski definition) is 3. The van der Waals surface area contributed by atoms with Crippen LogP contribution in [0.15, 0.2) is 18.2 Å². The van der Waals surface area contributed by atoms with Gasteiger partial charge in [0.2, 0.25) is 0 Å². The average Bonchev–Trinajstić information content (AvgIpc) is 2.40. The number of benzene rings is 1. The molecule has 0 aromatic heterocycles. The van der Waals surface area contributed by atoms with Crippen molar-refractivity contribution in [2.24, 2.45) is 5.92 Å². The lowest BCUT2D eigenvalue weighted by atomic mass is 9.79. The Morgan fingerprint density at radius 2 is 2.30 bits per heavy atom. The minimum Gasteiger partial charge on any atom is -0.494 e. The smallest absolute Gasteiger partial charge is 0.169 e. The largest absolute Gasteiger partial charge is 0.494 e. The van der Waals surface area contributed by atoms with Crippen LogP contribution in [0.2, 0.25) is 0 Å². The quantitative estimate of drug-likeness (QED) is 0.872. The molecule has 4 heteroatoms. The van der Waals surface area contributed by atoms with Crippen LogP contribution < -0.4 is 10.1 Å². The third-order valence-corrected chi connectivity index (χ3v) is 4.10. The van der Waals surface area contributed by atoms with E-state index in [1.165, 1.54) is 13.5 Å². The number of hydrogen-bond donors (Lipinski definition) is 2. The third-order valence-electron chi connectivity index (χ3n) is 4.10. The first kappa shape index (κ1) is 15.3. The van der Waals surface area contributed by atoms with Gasteiger partial charge in [-0.25, -0.2) is 4.39 Å². The van der Waals surface area contributed by atoms with Crippen LogP contribution in [-0.4, -0.2) is 24.4 Å². The van der Waals surface area contributed by atoms with Gasteiger partial charge in [-0.15, -0.1) is 0 Å². The molecule has 3 nitrogen and oxygen atoms in total. The predicted molar refractivity (Wildman–Crippen MR) is 77.2 cm³/mol. The first-order valence-corrected chi connectivity index (χ1v) is 7.28. The van der Waals surface area contributed by atoms with E-state index >= 15 is 0 Å². The maximum absolute atomic E-state index is 14.0. The molecule has 0 radical (unpaired) electrons. The Balaban J connectivity index is 1.89. The van der Waals surface area contributed by atoms with Crippen LogP contribution in [-0.2, 0) is 6.54 Å². The Bertz CT molecular complexity index is 452. The fraction of sp³-hybridized carbons (Fsp3) is 0.625. The molecule has 0 heterocycles. The van der Waals surface area contributed by atoms with Gasteiger partial charge in [0, 0.05) is 18.7 Å². The summed E-state index contributed by atoms with van der Waals surface area (Å²) in [6.45, 7) is 3.08. The van der Waals surface area contributed by atoms with Crippen molar-refractivity contribution < 1.29 is 14.2 Å². The molecule has 112 valence electrons. The molecule has 1 aliphatic rings. The number of halogens is 1. The van der Waals surface area contributed by atoms with Gasteiger partial charge in [0.25, 0.3) is 0 Å². The summed E-state index contributed by atoms with van der Waals surface area (Å²) in [6, 6.07) is 5.11. The number of nitrogens with one attached hydrogen (secondary N) is 1. The van der Waals surface area contributed by atoms with E-state index in [1.54, 1.807) is 18.2 Å². The summed E-state index contributed by atoms with van der Waals surface area (Å²) in [5.41, 5.74) is -0.0793. The Hall–Kier alpha value is -1.13. The lowest BCUT2D eigenvalue weighted by Crippen LogP contribution is -2.43. The molecule has 0 aliphatic heterocycles. The highest BCUT2D eigenvalue weighted by atomic mass is 19.1. The third kappa shape index (κ3) is 3.70. The molecule has 1 aliphatic carbocycles. The molecule has 0 amide bonds. The molecule has 0 saturated heterocycles. The lowest BCUT2D eigenvalue weighted by molar-refractivity contribution is -0.0119. The minimum absolute atomic E-state index is 0.259. The van der Waals surface area contributed by atoms with E-state index < -0.39 is 5.60 Å². The van der Waals surface area contributed by atoms with Gasteiger partial charge in [-0.3, -0.25) is 0 Å². The zero-order valence-electron chi connectivity index (χ0n) is 12.3. The first-order valence-electron chi connectivity index (χ1n) is 7.28. The molecule has 1 aromatic rings. The van der Waals surface area contributed by atoms with Crippen molar-refractivity contribution in [2.45, 2.75) is 44.8 Å². The van der Waals surface area contributed by atoms with Crippen LogP contribution in [0.5, 0.6) is 5.75 Å². The highest BCUT2D eigenvalue weighted by Gasteiger charge is 2.32. The summed E-state index contributed by atoms with van der Waals surface area (Å²) in [7, 11) is 1.46. The molecule has 1 aromatic carbocycles. The van der Waals surface area contributed by atoms with Crippen LogP contribution >= 0.6 is 0 Å². The fourth-order valence-corrected chi connectivity index (χ4v) is 3.07. The van der Waals surface area contributed by atoms with Crippen LogP contribution in [0.4, 0.5) is 4.39 Å². The Labute approximate surface area is 120 Å². The molecule has 0 spiro atoms. The first-order chi connectivity index (χ1) is 9.54. The van der Waals surface area contributed by atoms with Gasteiger partial charge in [-0.1, -0.05) is 31.9 Å². The Morgan fingerprint density at radius 3 is 3.00 bits per heavy atom. The maximum atomic E-state index is 14.0. The molecule has 2 N–H and O–H groups in total. The van der Waals surface area contributed by atoms with Gasteiger partial charge in [-0.2, -0.15) is 0 Å². The van der Waals surface area contributed by atoms with E-state index in [0.717, 1.165) is 19.3 Å². The highest BCUT2D eigenvalue weighted by Crippen LogP contribution is 2.31. The summed E-state index contributed by atoms with van der Waals surface area (Å²) in [4.78, 5) is 0. The van der Waals surface area contributed by atoms with Crippen LogP contribution in [0.3, 0.4) is 0 Å². The second kappa shape index (κ2) is 6.55. The SMILES string of the molecule is COc1cccc(CNCC2(O)CCCC(C)C2)c1F. The van der Waals surface area contributed by atoms with Crippen molar-refractivity contribution in [1.82, 2.24) is 5.32 Å². The van der Waals surface area contributed by atoms with Crippen molar-refractivity contribution in [2.75, 3.05) is 13.7 Å². The molecular weight excluding hydrogens is 257 g/mol. The molecule has 2 rings (SSSR count). The second-order valence-corrected chi connectivity index (χ2v) is 5.96. The number of aliphatic hydroxyl groups is 1. The molecule has 2 unspecified atom stereocenters. The minimum atomic E-state index is -0.646. The van der Waals surface area contributed by atoms with Gasteiger partial charge in [0.1, 0.15) is 0 Å². The standard InChI is InChI=1S/C16H24FNO2/c1-12-5-4-8-16(19,9-12)11-18-10-13-6-3-7-14(20-2)15(13)17/h3,6-7,12,18-19H,4-5,8-11H2,1-2H3. The molecule has 0 bridgehead atoms. The molecule has 20 heavy (non-hydrogen) atoms. The van der Waals surface area contributed by atoms with Crippen molar-refractivity contribution in [3.8, 4) is 5.75 Å². The van der Waals surface area contributed by atoms with E-state index in [1.807, 2.05) is 0 Å². The average molecular weight is 281 g/mol. The maximum Gasteiger partial charge on any atom is 0.169 e. The van der Waals surface area contributed by atoms with Crippen molar-refractivity contribution in [1.29, 1.82) is 0 Å². The van der Waals surface area contributed by atoms with Crippen LogP contribution in [0.25, 0.3) is 0 Å². The number of ether oxygens (including phenoxy) is 1. The van der Waals surface area contributed by atoms with E-state index in [4.69, 9.17) is 4.74 Å². The Kier molecular flexibility index (Phi) is 5.00. The van der Waals surface area contributed by atoms with E-state index in [9.17, 15) is 9.50 Å². The topological polar surface area (TPSA) is 41.5 Å². The predicted octanol–water partition coefficient (Wildman–Crippen LogP) is 2.87. The van der Waals surface area contributed by atoms with Crippen molar-refractivity contribution in [3.05, 3.63) is 29.6 Å². The summed E-state index contributed by atoms with van der Waals surface area (Å²) >= 11 is 0. The van der Waals surface area contributed by atoms with Crippen LogP contribution in [0.1, 0.15) is 38.2 Å². The number of rotatable bonds is 5. The van der Waals surface area contributed by atoms with E-state index in [2.05, 4.69) is 12.2 Å². The Morgan fingerprint density at radius 1 is 1.50 bits per heavy atom. The fourth-order valence-electron chi connectivity index (χ4n) is 3.07. The van der Waals surface area contributed by atoms with Gasteiger partial charge < -0.3 is 15.2 Å². The van der Waals surface area contributed by atoms with Crippen molar-refractivity contribution in [3.63, 3.8) is 0 Å². The summed E-state index contributed by atoms with van der Waals surface area (Å²) in [5.74, 6) is 0.491. The van der Waals surface area contributed by atoms with E-state index in [0.29, 0.717) is 24.6 Å². The van der Waals surface area contributed by atoms with Crippen molar-refractivity contribution >= 4 is 0 Å². The second-order valence-electron chi connectivity index (χ2n) is 5.96. The molecule has 1 saturated carbocycles. The zero-order chi connectivity index (χ0) is 14.6. The van der Waals surface area contributed by atoms with E-state index in [-0.39, 0.29) is 11.6 Å². The normalized spacial score (nSPS) is 26.5. The lowest BCUT2D eigenvalue weighted by Gasteiger charge is -2.35. The molecular formula is C16H24FNO2. The number of methoxy groups -OCH3 is 1.